The van der Waals surface area contributed by atoms with Crippen molar-refractivity contribution in [1.82, 2.24) is 5.32 Å². The van der Waals surface area contributed by atoms with Crippen LogP contribution >= 0.6 is 38.5 Å². The molecular weight excluding hydrogens is 635 g/mol. The predicted molar refractivity (Wildman–Crippen MR) is 152 cm³/mol. The largest absolute Gasteiger partial charge is 0.494 e. The number of halogens is 2. The van der Waals surface area contributed by atoms with Gasteiger partial charge < -0.3 is 4.74 Å². The average Bonchev–Trinajstić information content (AvgIpc) is 2.82. The molecule has 1 N–H and O–H groups in total. The van der Waals surface area contributed by atoms with Gasteiger partial charge in [-0.25, -0.2) is 9.69 Å². The van der Waals surface area contributed by atoms with E-state index in [-0.39, 0.29) is 5.57 Å². The van der Waals surface area contributed by atoms with Crippen molar-refractivity contribution < 1.29 is 19.1 Å². The number of carbonyl (C=O) groups excluding carboxylic acids is 3. The zero-order valence-electron chi connectivity index (χ0n) is 20.0. The zero-order valence-corrected chi connectivity index (χ0v) is 23.8. The number of hydrogen-bond donors (Lipinski definition) is 1. The second-order valence-electron chi connectivity index (χ2n) is 8.43. The molecule has 1 fully saturated rings. The number of imide groups is 2. The van der Waals surface area contributed by atoms with E-state index in [1.165, 1.54) is 6.08 Å². The van der Waals surface area contributed by atoms with Crippen molar-refractivity contribution in [3.63, 3.8) is 0 Å². The number of hydrogen-bond acceptors (Lipinski definition) is 4. The number of aryl methyl sites for hydroxylation is 2. The Balaban J connectivity index is 1.75. The highest BCUT2D eigenvalue weighted by Gasteiger charge is 2.37. The summed E-state index contributed by atoms with van der Waals surface area (Å²) in [6, 6.07) is 16.5. The van der Waals surface area contributed by atoms with Crippen LogP contribution < -0.4 is 15.0 Å². The van der Waals surface area contributed by atoms with Crippen molar-refractivity contribution in [2.45, 2.75) is 27.2 Å². The maximum absolute atomic E-state index is 13.4. The number of anilines is 1. The number of urea groups is 1. The summed E-state index contributed by atoms with van der Waals surface area (Å²) in [5, 5.41) is 2.30. The smallest absolute Gasteiger partial charge is 0.335 e. The Morgan fingerprint density at radius 2 is 1.81 bits per heavy atom. The molecule has 8 heteroatoms. The summed E-state index contributed by atoms with van der Waals surface area (Å²) >= 11 is 5.85. The summed E-state index contributed by atoms with van der Waals surface area (Å²) in [6.45, 7) is 6.07. The van der Waals surface area contributed by atoms with Gasteiger partial charge in [-0.05, 0) is 96.0 Å². The number of ether oxygens (including phenoxy) is 1. The Kier molecular flexibility index (Phi) is 7.94. The fourth-order valence-electron chi connectivity index (χ4n) is 4.01. The van der Waals surface area contributed by atoms with E-state index in [0.717, 1.165) is 35.2 Å². The van der Waals surface area contributed by atoms with Gasteiger partial charge in [-0.1, -0.05) is 46.3 Å². The van der Waals surface area contributed by atoms with Crippen LogP contribution in [0.4, 0.5) is 10.5 Å². The molecule has 1 heterocycles. The van der Waals surface area contributed by atoms with E-state index in [2.05, 4.69) is 49.9 Å². The summed E-state index contributed by atoms with van der Waals surface area (Å²) in [4.78, 5) is 39.8. The lowest BCUT2D eigenvalue weighted by Gasteiger charge is -2.28. The average molecular weight is 659 g/mol. The quantitative estimate of drug-likeness (QED) is 0.191. The highest BCUT2D eigenvalue weighted by molar-refractivity contribution is 14.1. The summed E-state index contributed by atoms with van der Waals surface area (Å²) < 4.78 is 7.90. The molecule has 0 unspecified atom stereocenters. The van der Waals surface area contributed by atoms with Crippen LogP contribution in [-0.2, 0) is 16.0 Å². The third-order valence-corrected chi connectivity index (χ3v) is 7.56. The van der Waals surface area contributed by atoms with E-state index in [4.69, 9.17) is 4.74 Å². The Morgan fingerprint density at radius 1 is 1.06 bits per heavy atom. The van der Waals surface area contributed by atoms with Crippen molar-refractivity contribution in [3.05, 3.63) is 96.0 Å². The first-order chi connectivity index (χ1) is 17.2. The van der Waals surface area contributed by atoms with E-state index in [9.17, 15) is 14.4 Å². The van der Waals surface area contributed by atoms with Crippen molar-refractivity contribution >= 4 is 68.1 Å². The van der Waals surface area contributed by atoms with Crippen LogP contribution in [0.1, 0.15) is 34.7 Å². The van der Waals surface area contributed by atoms with Gasteiger partial charge in [0.15, 0.2) is 0 Å². The number of nitrogens with one attached hydrogen (secondary N) is 1. The fraction of sp³-hybridized carbons (Fsp3) is 0.179. The van der Waals surface area contributed by atoms with Crippen LogP contribution in [0.2, 0.25) is 0 Å². The highest BCUT2D eigenvalue weighted by atomic mass is 127. The van der Waals surface area contributed by atoms with Gasteiger partial charge >= 0.3 is 6.03 Å². The molecule has 6 nitrogen and oxygen atoms in total. The Bertz CT molecular complexity index is 1420. The molecule has 0 radical (unpaired) electrons. The van der Waals surface area contributed by atoms with Gasteiger partial charge in [0.25, 0.3) is 11.8 Å². The van der Waals surface area contributed by atoms with Gasteiger partial charge in [0.05, 0.1) is 12.3 Å². The summed E-state index contributed by atoms with van der Waals surface area (Å²) in [6.07, 6.45) is 2.16. The van der Waals surface area contributed by atoms with E-state index < -0.39 is 17.8 Å². The lowest BCUT2D eigenvalue weighted by Crippen LogP contribution is -2.54. The van der Waals surface area contributed by atoms with E-state index >= 15 is 0 Å². The van der Waals surface area contributed by atoms with E-state index in [0.29, 0.717) is 30.0 Å². The van der Waals surface area contributed by atoms with Crippen LogP contribution in [0.3, 0.4) is 0 Å². The molecule has 1 aliphatic heterocycles. The zero-order chi connectivity index (χ0) is 26.0. The molecule has 0 aromatic heterocycles. The molecule has 184 valence electrons. The standard InChI is InChI=1S/C28H24BrIN2O4/c1-4-36-25-14-18(13-23(30)20(25)15-19-7-5-6-8-22(19)29)12-21-26(33)31-28(35)32(27(21)34)24-11-16(2)9-10-17(24)3/h5-14H,4,15H2,1-3H3,(H,31,33,35)/b21-12+. The Morgan fingerprint density at radius 3 is 2.53 bits per heavy atom. The Hall–Kier alpha value is -2.98. The van der Waals surface area contributed by atoms with Crippen molar-refractivity contribution in [3.8, 4) is 5.75 Å². The SMILES string of the molecule is CCOc1cc(/C=C2\C(=O)NC(=O)N(c3cc(C)ccc3C)C2=O)cc(I)c1Cc1ccccc1Br. The number of amides is 4. The monoisotopic (exact) mass is 658 g/mol. The summed E-state index contributed by atoms with van der Waals surface area (Å²) in [7, 11) is 0. The number of nitrogens with zero attached hydrogens (tertiary/aromatic N) is 1. The molecule has 36 heavy (non-hydrogen) atoms. The maximum Gasteiger partial charge on any atom is 0.335 e. The number of benzene rings is 3. The second kappa shape index (κ2) is 11.0. The van der Waals surface area contributed by atoms with Crippen molar-refractivity contribution in [1.29, 1.82) is 0 Å². The molecule has 1 aliphatic rings. The van der Waals surface area contributed by atoms with Crippen LogP contribution in [0.15, 0.2) is 64.6 Å². The van der Waals surface area contributed by atoms with Gasteiger partial charge in [0.1, 0.15) is 11.3 Å². The molecule has 0 spiro atoms. The van der Waals surface area contributed by atoms with E-state index in [1.807, 2.05) is 63.2 Å². The molecular formula is C28H24BrIN2O4. The lowest BCUT2D eigenvalue weighted by molar-refractivity contribution is -0.122. The normalized spacial score (nSPS) is 14.9. The first-order valence-corrected chi connectivity index (χ1v) is 13.2. The minimum absolute atomic E-state index is 0.118. The molecule has 0 aliphatic carbocycles. The van der Waals surface area contributed by atoms with Gasteiger partial charge in [-0.2, -0.15) is 0 Å². The lowest BCUT2D eigenvalue weighted by atomic mass is 10.00. The first-order valence-electron chi connectivity index (χ1n) is 11.4. The first kappa shape index (κ1) is 26.1. The third kappa shape index (κ3) is 5.39. The van der Waals surface area contributed by atoms with Crippen molar-refractivity contribution in [2.75, 3.05) is 11.5 Å². The fourth-order valence-corrected chi connectivity index (χ4v) is 5.25. The summed E-state index contributed by atoms with van der Waals surface area (Å²) in [5.41, 5.74) is 4.74. The van der Waals surface area contributed by atoms with Crippen LogP contribution in [0.5, 0.6) is 5.75 Å². The molecule has 4 rings (SSSR count). The second-order valence-corrected chi connectivity index (χ2v) is 10.4. The topological polar surface area (TPSA) is 75.7 Å². The molecule has 3 aromatic rings. The number of barbiturate groups is 1. The molecule has 3 aromatic carbocycles. The van der Waals surface area contributed by atoms with Gasteiger partial charge in [0, 0.05) is 20.0 Å². The van der Waals surface area contributed by atoms with Crippen molar-refractivity contribution in [2.24, 2.45) is 0 Å². The van der Waals surface area contributed by atoms with Crippen LogP contribution in [0, 0.1) is 17.4 Å². The summed E-state index contributed by atoms with van der Waals surface area (Å²) in [5.74, 6) is -0.711. The number of rotatable bonds is 6. The van der Waals surface area contributed by atoms with Crippen LogP contribution in [-0.4, -0.2) is 24.5 Å². The Labute approximate surface area is 232 Å². The van der Waals surface area contributed by atoms with E-state index in [1.54, 1.807) is 6.07 Å². The molecule has 0 atom stereocenters. The van der Waals surface area contributed by atoms with Gasteiger partial charge in [0.2, 0.25) is 0 Å². The molecule has 4 amide bonds. The van der Waals surface area contributed by atoms with Gasteiger partial charge in [-0.3, -0.25) is 14.9 Å². The third-order valence-electron chi connectivity index (χ3n) is 5.82. The molecule has 0 saturated carbocycles. The highest BCUT2D eigenvalue weighted by Crippen LogP contribution is 2.32. The minimum atomic E-state index is -0.760. The minimum Gasteiger partial charge on any atom is -0.494 e. The molecule has 0 bridgehead atoms. The van der Waals surface area contributed by atoms with Gasteiger partial charge in [-0.15, -0.1) is 0 Å². The number of carbonyl (C=O) groups is 3. The maximum atomic E-state index is 13.4. The predicted octanol–water partition coefficient (Wildman–Crippen LogP) is 6.33. The molecule has 1 saturated heterocycles. The van der Waals surface area contributed by atoms with Crippen LogP contribution in [0.25, 0.3) is 6.08 Å².